The van der Waals surface area contributed by atoms with Crippen molar-refractivity contribution in [1.29, 1.82) is 0 Å². The molecule has 0 spiro atoms. The minimum Gasteiger partial charge on any atom is -0.493 e. The normalized spacial score (nSPS) is 18.4. The molecule has 1 fully saturated rings. The second kappa shape index (κ2) is 11.7. The summed E-state index contributed by atoms with van der Waals surface area (Å²) >= 11 is 0. The molecule has 2 N–H and O–H groups in total. The van der Waals surface area contributed by atoms with Crippen LogP contribution in [0, 0.1) is 5.41 Å². The number of aromatic nitrogens is 2. The highest BCUT2D eigenvalue weighted by Gasteiger charge is 2.46. The maximum Gasteiger partial charge on any atom is 0.451 e. The third-order valence-corrected chi connectivity index (χ3v) is 6.30. The van der Waals surface area contributed by atoms with Crippen LogP contribution in [0.1, 0.15) is 53.8 Å². The zero-order valence-corrected chi connectivity index (χ0v) is 24.6. The Morgan fingerprint density at radius 3 is 2.12 bits per heavy atom. The Bertz CT molecular complexity index is 1350. The number of aliphatic carboxylic acids is 1. The number of carboxylic acid groups (broad SMARTS) is 1. The van der Waals surface area contributed by atoms with Gasteiger partial charge in [0.05, 0.1) is 31.7 Å². The number of hydrogen-bond acceptors (Lipinski definition) is 9. The summed E-state index contributed by atoms with van der Waals surface area (Å²) in [5.74, 6) is -3.73. The first-order valence-corrected chi connectivity index (χ1v) is 13.0. The zero-order valence-electron chi connectivity index (χ0n) is 24.6. The van der Waals surface area contributed by atoms with Crippen LogP contribution in [0.4, 0.5) is 18.0 Å². The predicted octanol–water partition coefficient (Wildman–Crippen LogP) is 4.04. The van der Waals surface area contributed by atoms with E-state index in [1.165, 1.54) is 26.4 Å². The van der Waals surface area contributed by atoms with E-state index in [1.807, 2.05) is 0 Å². The standard InChI is InChI=1S/C27H35F3N4O8/c1-25(2,3)19(32-24(38)42-26(4,5)6)21(35)34-12-13(9-16(34)22(36)37)41-20-14-10-17(39-7)18(40-8)11-15(14)31-23(33-20)27(28,29)30/h10-11,13,16,19H,9,12H2,1-8H3,(H,32,38)(H,36,37)/t13-,16?,19-/m1/s1. The highest BCUT2D eigenvalue weighted by molar-refractivity contribution is 5.91. The van der Waals surface area contributed by atoms with Gasteiger partial charge in [-0.25, -0.2) is 14.6 Å². The molecular formula is C27H35F3N4O8. The van der Waals surface area contributed by atoms with Gasteiger partial charge >= 0.3 is 18.2 Å². The number of benzene rings is 1. The number of hydrogen-bond donors (Lipinski definition) is 2. The van der Waals surface area contributed by atoms with Crippen LogP contribution in [-0.2, 0) is 20.5 Å². The van der Waals surface area contributed by atoms with Gasteiger partial charge in [0, 0.05) is 12.5 Å². The molecule has 2 aromatic rings. The minimum absolute atomic E-state index is 0.0523. The fourth-order valence-electron chi connectivity index (χ4n) is 4.40. The number of nitrogens with one attached hydrogen (secondary N) is 1. The number of carbonyl (C=O) groups excluding carboxylic acids is 2. The van der Waals surface area contributed by atoms with Gasteiger partial charge < -0.3 is 34.3 Å². The van der Waals surface area contributed by atoms with Gasteiger partial charge in [-0.15, -0.1) is 0 Å². The Labute approximate surface area is 240 Å². The summed E-state index contributed by atoms with van der Waals surface area (Å²) in [6.45, 7) is 9.68. The van der Waals surface area contributed by atoms with E-state index in [9.17, 15) is 32.7 Å². The SMILES string of the molecule is COc1cc2nc(C(F)(F)F)nc(O[C@@H]3CC(C(=O)O)N(C(=O)[C@@H](NC(=O)OC(C)(C)C)C(C)(C)C)C3)c2cc1OC. The fourth-order valence-corrected chi connectivity index (χ4v) is 4.40. The molecule has 232 valence electrons. The van der Waals surface area contributed by atoms with E-state index in [1.54, 1.807) is 41.5 Å². The maximum atomic E-state index is 13.7. The van der Waals surface area contributed by atoms with E-state index in [0.29, 0.717) is 0 Å². The Balaban J connectivity index is 1.99. The number of likely N-dealkylation sites (tertiary alicyclic amines) is 1. The molecule has 1 saturated heterocycles. The summed E-state index contributed by atoms with van der Waals surface area (Å²) in [5, 5.41) is 12.5. The van der Waals surface area contributed by atoms with E-state index < -0.39 is 65.1 Å². The van der Waals surface area contributed by atoms with Gasteiger partial charge in [0.15, 0.2) is 11.5 Å². The van der Waals surface area contributed by atoms with Gasteiger partial charge in [0.25, 0.3) is 0 Å². The van der Waals surface area contributed by atoms with E-state index in [2.05, 4.69) is 15.3 Å². The zero-order chi connectivity index (χ0) is 31.8. The van der Waals surface area contributed by atoms with Gasteiger partial charge in [0.1, 0.15) is 23.8 Å². The van der Waals surface area contributed by atoms with Crippen molar-refractivity contribution in [2.24, 2.45) is 5.41 Å². The highest BCUT2D eigenvalue weighted by atomic mass is 19.4. The van der Waals surface area contributed by atoms with Crippen LogP contribution in [0.3, 0.4) is 0 Å². The Hall–Kier alpha value is -4.04. The number of halogens is 3. The largest absolute Gasteiger partial charge is 0.493 e. The van der Waals surface area contributed by atoms with Crippen LogP contribution >= 0.6 is 0 Å². The number of carbonyl (C=O) groups is 3. The van der Waals surface area contributed by atoms with Crippen LogP contribution in [-0.4, -0.2) is 82.5 Å². The molecule has 1 unspecified atom stereocenters. The number of rotatable bonds is 7. The number of methoxy groups -OCH3 is 2. The molecule has 3 atom stereocenters. The van der Waals surface area contributed by atoms with Crippen molar-refractivity contribution >= 4 is 28.9 Å². The van der Waals surface area contributed by atoms with Gasteiger partial charge in [-0.3, -0.25) is 4.79 Å². The molecule has 2 heterocycles. The summed E-state index contributed by atoms with van der Waals surface area (Å²) in [6.07, 6.45) is -7.12. The molecule has 0 aliphatic carbocycles. The second-order valence-electron chi connectivity index (χ2n) is 11.8. The molecule has 42 heavy (non-hydrogen) atoms. The number of carboxylic acids is 1. The fraction of sp³-hybridized carbons (Fsp3) is 0.593. The lowest BCUT2D eigenvalue weighted by Gasteiger charge is -2.35. The first-order valence-electron chi connectivity index (χ1n) is 13.0. The third kappa shape index (κ3) is 7.42. The van der Waals surface area contributed by atoms with Crippen molar-refractivity contribution < 1.29 is 51.6 Å². The molecule has 0 saturated carbocycles. The van der Waals surface area contributed by atoms with Crippen molar-refractivity contribution in [3.63, 3.8) is 0 Å². The summed E-state index contributed by atoms with van der Waals surface area (Å²) in [5.41, 5.74) is -1.87. The van der Waals surface area contributed by atoms with Gasteiger partial charge in [-0.1, -0.05) is 20.8 Å². The van der Waals surface area contributed by atoms with Crippen LogP contribution in [0.25, 0.3) is 10.9 Å². The van der Waals surface area contributed by atoms with E-state index in [-0.39, 0.29) is 35.4 Å². The number of ether oxygens (including phenoxy) is 4. The number of alkyl carbamates (subject to hydrolysis) is 1. The van der Waals surface area contributed by atoms with Crippen LogP contribution in [0.15, 0.2) is 12.1 Å². The predicted molar refractivity (Wildman–Crippen MR) is 142 cm³/mol. The Morgan fingerprint density at radius 2 is 1.62 bits per heavy atom. The van der Waals surface area contributed by atoms with Crippen LogP contribution < -0.4 is 19.5 Å². The first kappa shape index (κ1) is 32.5. The Morgan fingerprint density at radius 1 is 1.02 bits per heavy atom. The Kier molecular flexibility index (Phi) is 9.03. The number of fused-ring (bicyclic) bond motifs is 1. The number of amides is 2. The van der Waals surface area contributed by atoms with Gasteiger partial charge in [-0.2, -0.15) is 18.2 Å². The molecule has 15 heteroatoms. The molecule has 1 aromatic carbocycles. The van der Waals surface area contributed by atoms with Crippen molar-refractivity contribution in [2.75, 3.05) is 20.8 Å². The third-order valence-electron chi connectivity index (χ3n) is 6.30. The smallest absolute Gasteiger partial charge is 0.451 e. The summed E-state index contributed by atoms with van der Waals surface area (Å²) in [7, 11) is 2.65. The van der Waals surface area contributed by atoms with E-state index in [4.69, 9.17) is 18.9 Å². The lowest BCUT2D eigenvalue weighted by Crippen LogP contribution is -2.57. The first-order chi connectivity index (χ1) is 19.2. The lowest BCUT2D eigenvalue weighted by atomic mass is 9.85. The number of nitrogens with zero attached hydrogens (tertiary/aromatic N) is 3. The molecule has 2 amide bonds. The molecule has 0 radical (unpaired) electrons. The summed E-state index contributed by atoms with van der Waals surface area (Å²) < 4.78 is 62.6. The van der Waals surface area contributed by atoms with Crippen LogP contribution in [0.5, 0.6) is 17.4 Å². The van der Waals surface area contributed by atoms with Gasteiger partial charge in [-0.05, 0) is 32.3 Å². The molecule has 1 aliphatic rings. The molecular weight excluding hydrogens is 565 g/mol. The average molecular weight is 601 g/mol. The number of alkyl halides is 3. The molecule has 12 nitrogen and oxygen atoms in total. The maximum absolute atomic E-state index is 13.7. The molecule has 1 aromatic heterocycles. The second-order valence-corrected chi connectivity index (χ2v) is 11.8. The summed E-state index contributed by atoms with van der Waals surface area (Å²) in [6, 6.07) is -0.00556. The van der Waals surface area contributed by atoms with Crippen molar-refractivity contribution in [2.45, 2.75) is 77.9 Å². The lowest BCUT2D eigenvalue weighted by molar-refractivity contribution is -0.150. The van der Waals surface area contributed by atoms with Crippen LogP contribution in [0.2, 0.25) is 0 Å². The van der Waals surface area contributed by atoms with Crippen molar-refractivity contribution in [1.82, 2.24) is 20.2 Å². The molecule has 3 rings (SSSR count). The van der Waals surface area contributed by atoms with Crippen molar-refractivity contribution in [3.8, 4) is 17.4 Å². The highest BCUT2D eigenvalue weighted by Crippen LogP contribution is 2.38. The monoisotopic (exact) mass is 600 g/mol. The average Bonchev–Trinajstić information content (AvgIpc) is 3.28. The van der Waals surface area contributed by atoms with Crippen molar-refractivity contribution in [3.05, 3.63) is 18.0 Å². The molecule has 1 aliphatic heterocycles. The summed E-state index contributed by atoms with van der Waals surface area (Å²) in [4.78, 5) is 46.6. The van der Waals surface area contributed by atoms with E-state index >= 15 is 0 Å². The minimum atomic E-state index is -4.92. The topological polar surface area (TPSA) is 149 Å². The molecule has 0 bridgehead atoms. The van der Waals surface area contributed by atoms with Gasteiger partial charge in [0.2, 0.25) is 17.6 Å². The quantitative estimate of drug-likeness (QED) is 0.477. The van der Waals surface area contributed by atoms with E-state index in [0.717, 1.165) is 4.90 Å².